The molecule has 0 aliphatic carbocycles. The Bertz CT molecular complexity index is 1120. The highest BCUT2D eigenvalue weighted by Crippen LogP contribution is 2.34. The normalized spacial score (nSPS) is 16.6. The largest absolute Gasteiger partial charge is 0.493 e. The molecule has 1 fully saturated rings. The summed E-state index contributed by atoms with van der Waals surface area (Å²) in [5.74, 6) is 0.603. The zero-order valence-corrected chi connectivity index (χ0v) is 17.4. The number of benzene rings is 3. The minimum atomic E-state index is -0.169. The molecule has 0 atom stereocenters. The molecule has 4 rings (SSSR count). The standard InChI is InChI=1S/C23H19ClN2O2S/c1-2-13-28-20-12-7-15-5-3-4-6-18(15)19(20)14-21-22(27)26-23(29-21)25-17-10-8-16(24)9-11-17/h3-12,14H,2,13H2,1H3,(H,25,26,27). The van der Waals surface area contributed by atoms with E-state index in [1.54, 1.807) is 12.1 Å². The first-order valence-corrected chi connectivity index (χ1v) is 10.5. The molecule has 3 aromatic carbocycles. The second kappa shape index (κ2) is 8.72. The van der Waals surface area contributed by atoms with E-state index in [1.165, 1.54) is 11.8 Å². The Kier molecular flexibility index (Phi) is 5.88. The van der Waals surface area contributed by atoms with E-state index in [0.717, 1.165) is 34.2 Å². The number of fused-ring (bicyclic) bond motifs is 1. The van der Waals surface area contributed by atoms with Crippen molar-refractivity contribution in [3.05, 3.63) is 76.2 Å². The van der Waals surface area contributed by atoms with E-state index in [1.807, 2.05) is 48.5 Å². The molecule has 0 aromatic heterocycles. The summed E-state index contributed by atoms with van der Waals surface area (Å²) in [5.41, 5.74) is 1.64. The lowest BCUT2D eigenvalue weighted by Crippen LogP contribution is -2.19. The van der Waals surface area contributed by atoms with E-state index >= 15 is 0 Å². The molecule has 6 heteroatoms. The summed E-state index contributed by atoms with van der Waals surface area (Å²) in [7, 11) is 0. The number of carbonyl (C=O) groups excluding carboxylic acids is 1. The van der Waals surface area contributed by atoms with Crippen molar-refractivity contribution in [2.45, 2.75) is 13.3 Å². The van der Waals surface area contributed by atoms with E-state index in [-0.39, 0.29) is 5.91 Å². The number of aliphatic imine (C=N–C) groups is 1. The Morgan fingerprint density at radius 3 is 2.69 bits per heavy atom. The number of halogens is 1. The van der Waals surface area contributed by atoms with Gasteiger partial charge in [0, 0.05) is 10.6 Å². The molecule has 1 aliphatic heterocycles. The first-order chi connectivity index (χ1) is 14.1. The van der Waals surface area contributed by atoms with Crippen molar-refractivity contribution in [2.75, 3.05) is 6.61 Å². The number of amidine groups is 1. The van der Waals surface area contributed by atoms with Crippen LogP contribution in [0.1, 0.15) is 18.9 Å². The van der Waals surface area contributed by atoms with Gasteiger partial charge in [-0.05, 0) is 65.4 Å². The number of hydrogen-bond acceptors (Lipinski definition) is 4. The van der Waals surface area contributed by atoms with Crippen molar-refractivity contribution < 1.29 is 9.53 Å². The fourth-order valence-electron chi connectivity index (χ4n) is 3.01. The number of rotatable bonds is 5. The zero-order chi connectivity index (χ0) is 20.2. The average molecular weight is 423 g/mol. The number of hydrogen-bond donors (Lipinski definition) is 1. The highest BCUT2D eigenvalue weighted by molar-refractivity contribution is 8.18. The van der Waals surface area contributed by atoms with Crippen LogP contribution in [0.4, 0.5) is 5.69 Å². The second-order valence-corrected chi connectivity index (χ2v) is 7.97. The molecule has 3 aromatic rings. The average Bonchev–Trinajstić information content (AvgIpc) is 3.08. The summed E-state index contributed by atoms with van der Waals surface area (Å²) in [6.07, 6.45) is 2.80. The van der Waals surface area contributed by atoms with Crippen molar-refractivity contribution in [1.82, 2.24) is 5.32 Å². The quantitative estimate of drug-likeness (QED) is 0.500. The molecule has 0 spiro atoms. The van der Waals surface area contributed by atoms with Gasteiger partial charge in [-0.15, -0.1) is 0 Å². The van der Waals surface area contributed by atoms with Gasteiger partial charge in [0.1, 0.15) is 5.75 Å². The van der Waals surface area contributed by atoms with Gasteiger partial charge in [0.05, 0.1) is 17.2 Å². The third-order valence-electron chi connectivity index (χ3n) is 4.38. The second-order valence-electron chi connectivity index (χ2n) is 6.51. The number of carbonyl (C=O) groups is 1. The third-order valence-corrected chi connectivity index (χ3v) is 5.54. The van der Waals surface area contributed by atoms with Crippen LogP contribution in [-0.4, -0.2) is 17.7 Å². The summed E-state index contributed by atoms with van der Waals surface area (Å²) < 4.78 is 5.95. The molecule has 4 nitrogen and oxygen atoms in total. The lowest BCUT2D eigenvalue weighted by molar-refractivity contribution is -0.115. The molecule has 0 bridgehead atoms. The maximum absolute atomic E-state index is 12.6. The van der Waals surface area contributed by atoms with Gasteiger partial charge in [0.2, 0.25) is 0 Å². The predicted molar refractivity (Wildman–Crippen MR) is 122 cm³/mol. The first-order valence-electron chi connectivity index (χ1n) is 9.34. The van der Waals surface area contributed by atoms with Gasteiger partial charge >= 0.3 is 0 Å². The van der Waals surface area contributed by atoms with Crippen LogP contribution in [0.25, 0.3) is 16.8 Å². The summed E-state index contributed by atoms with van der Waals surface area (Å²) in [5, 5.41) is 6.16. The Hall–Kier alpha value is -2.76. The SMILES string of the molecule is CCCOc1ccc2ccccc2c1C=C1SC(=Nc2ccc(Cl)cc2)NC1=O. The highest BCUT2D eigenvalue weighted by atomic mass is 35.5. The van der Waals surface area contributed by atoms with E-state index in [2.05, 4.69) is 23.3 Å². The Balaban J connectivity index is 1.70. The molecule has 29 heavy (non-hydrogen) atoms. The first kappa shape index (κ1) is 19.6. The summed E-state index contributed by atoms with van der Waals surface area (Å²) in [4.78, 5) is 17.6. The Labute approximate surface area is 178 Å². The molecule has 146 valence electrons. The minimum Gasteiger partial charge on any atom is -0.493 e. The van der Waals surface area contributed by atoms with E-state index < -0.39 is 0 Å². The topological polar surface area (TPSA) is 50.7 Å². The van der Waals surface area contributed by atoms with E-state index in [9.17, 15) is 4.79 Å². The van der Waals surface area contributed by atoms with Crippen LogP contribution in [0, 0.1) is 0 Å². The Morgan fingerprint density at radius 2 is 1.90 bits per heavy atom. The van der Waals surface area contributed by atoms with Crippen LogP contribution in [0.15, 0.2) is 70.6 Å². The monoisotopic (exact) mass is 422 g/mol. The molecule has 1 N–H and O–H groups in total. The van der Waals surface area contributed by atoms with Gasteiger partial charge in [-0.3, -0.25) is 4.79 Å². The summed E-state index contributed by atoms with van der Waals surface area (Å²) >= 11 is 7.23. The van der Waals surface area contributed by atoms with Crippen LogP contribution in [0.5, 0.6) is 5.75 Å². The molecular weight excluding hydrogens is 404 g/mol. The van der Waals surface area contributed by atoms with Gasteiger partial charge in [-0.1, -0.05) is 48.9 Å². The molecule has 1 amide bonds. The number of nitrogens with zero attached hydrogens (tertiary/aromatic N) is 1. The van der Waals surface area contributed by atoms with Gasteiger partial charge in [-0.2, -0.15) is 0 Å². The number of amides is 1. The molecule has 0 unspecified atom stereocenters. The van der Waals surface area contributed by atoms with Crippen molar-refractivity contribution in [3.8, 4) is 5.75 Å². The van der Waals surface area contributed by atoms with Crippen LogP contribution in [0.2, 0.25) is 5.02 Å². The fourth-order valence-corrected chi connectivity index (χ4v) is 3.96. The molecule has 0 radical (unpaired) electrons. The van der Waals surface area contributed by atoms with E-state index in [0.29, 0.717) is 21.7 Å². The smallest absolute Gasteiger partial charge is 0.264 e. The predicted octanol–water partition coefficient (Wildman–Crippen LogP) is 6.17. The van der Waals surface area contributed by atoms with Crippen molar-refractivity contribution in [3.63, 3.8) is 0 Å². The maximum Gasteiger partial charge on any atom is 0.264 e. The number of nitrogens with one attached hydrogen (secondary N) is 1. The van der Waals surface area contributed by atoms with Crippen LogP contribution < -0.4 is 10.1 Å². The van der Waals surface area contributed by atoms with Gasteiger partial charge in [-0.25, -0.2) is 4.99 Å². The lowest BCUT2D eigenvalue weighted by atomic mass is 10.0. The minimum absolute atomic E-state index is 0.169. The summed E-state index contributed by atoms with van der Waals surface area (Å²) in [6, 6.07) is 19.2. The van der Waals surface area contributed by atoms with Crippen LogP contribution >= 0.6 is 23.4 Å². The third kappa shape index (κ3) is 4.47. The molecular formula is C23H19ClN2O2S. The number of thioether (sulfide) groups is 1. The Morgan fingerprint density at radius 1 is 1.10 bits per heavy atom. The fraction of sp³-hybridized carbons (Fsp3) is 0.130. The maximum atomic E-state index is 12.6. The van der Waals surface area contributed by atoms with Gasteiger partial charge in [0.25, 0.3) is 5.91 Å². The van der Waals surface area contributed by atoms with Crippen molar-refractivity contribution >= 4 is 57.0 Å². The van der Waals surface area contributed by atoms with Crippen LogP contribution in [-0.2, 0) is 4.79 Å². The zero-order valence-electron chi connectivity index (χ0n) is 15.8. The van der Waals surface area contributed by atoms with Gasteiger partial charge in [0.15, 0.2) is 5.17 Å². The molecule has 0 saturated carbocycles. The van der Waals surface area contributed by atoms with E-state index in [4.69, 9.17) is 16.3 Å². The molecule has 1 heterocycles. The van der Waals surface area contributed by atoms with Crippen molar-refractivity contribution in [2.24, 2.45) is 4.99 Å². The highest BCUT2D eigenvalue weighted by Gasteiger charge is 2.24. The number of ether oxygens (including phenoxy) is 1. The molecule has 1 aliphatic rings. The molecule has 1 saturated heterocycles. The van der Waals surface area contributed by atoms with Gasteiger partial charge < -0.3 is 10.1 Å². The lowest BCUT2D eigenvalue weighted by Gasteiger charge is -2.11. The van der Waals surface area contributed by atoms with Crippen LogP contribution in [0.3, 0.4) is 0 Å². The summed E-state index contributed by atoms with van der Waals surface area (Å²) in [6.45, 7) is 2.69. The van der Waals surface area contributed by atoms with Crippen molar-refractivity contribution in [1.29, 1.82) is 0 Å².